The van der Waals surface area contributed by atoms with Crippen LogP contribution in [0, 0.1) is 0 Å². The van der Waals surface area contributed by atoms with E-state index in [0.717, 1.165) is 24.0 Å². The van der Waals surface area contributed by atoms with Gasteiger partial charge in [-0.2, -0.15) is 0 Å². The zero-order valence-electron chi connectivity index (χ0n) is 10.6. The van der Waals surface area contributed by atoms with E-state index in [1.165, 1.54) is 13.8 Å². The fourth-order valence-electron chi connectivity index (χ4n) is 2.01. The number of nitrogens with one attached hydrogen (secondary N) is 1. The maximum absolute atomic E-state index is 11.7. The standard InChI is InChI=1S/C14H17NO3/c1-14(2,18)13(17)15-10-6-7-11-9(8-10)4-3-5-12(11)16/h6-8,18H,3-5H2,1-2H3,(H,15,17). The largest absolute Gasteiger partial charge is 0.381 e. The second-order valence-electron chi connectivity index (χ2n) is 5.16. The molecule has 1 aromatic carbocycles. The lowest BCUT2D eigenvalue weighted by Crippen LogP contribution is -2.36. The van der Waals surface area contributed by atoms with Crippen LogP contribution < -0.4 is 5.32 Å². The zero-order chi connectivity index (χ0) is 13.3. The highest BCUT2D eigenvalue weighted by molar-refractivity contribution is 6.00. The molecule has 0 heterocycles. The van der Waals surface area contributed by atoms with E-state index in [1.54, 1.807) is 12.1 Å². The molecule has 1 amide bonds. The van der Waals surface area contributed by atoms with Gasteiger partial charge in [0, 0.05) is 17.7 Å². The maximum Gasteiger partial charge on any atom is 0.255 e. The van der Waals surface area contributed by atoms with E-state index in [1.807, 2.05) is 6.07 Å². The Bertz CT molecular complexity index is 500. The molecular weight excluding hydrogens is 230 g/mol. The summed E-state index contributed by atoms with van der Waals surface area (Å²) in [5.41, 5.74) is 0.934. The van der Waals surface area contributed by atoms with E-state index in [2.05, 4.69) is 5.32 Å². The Labute approximate surface area is 106 Å². The number of amides is 1. The number of fused-ring (bicyclic) bond motifs is 1. The normalized spacial score (nSPS) is 15.2. The van der Waals surface area contributed by atoms with Crippen molar-refractivity contribution in [3.63, 3.8) is 0 Å². The van der Waals surface area contributed by atoms with E-state index in [-0.39, 0.29) is 5.78 Å². The van der Waals surface area contributed by atoms with Crippen LogP contribution in [0.4, 0.5) is 5.69 Å². The van der Waals surface area contributed by atoms with Crippen molar-refractivity contribution in [2.75, 3.05) is 5.32 Å². The van der Waals surface area contributed by atoms with Crippen molar-refractivity contribution in [3.05, 3.63) is 29.3 Å². The highest BCUT2D eigenvalue weighted by Gasteiger charge is 2.24. The number of Topliss-reactive ketones (excluding diaryl/α,β-unsaturated/α-hetero) is 1. The summed E-state index contributed by atoms with van der Waals surface area (Å²) in [4.78, 5) is 23.3. The van der Waals surface area contributed by atoms with Crippen LogP contribution in [0.1, 0.15) is 42.6 Å². The van der Waals surface area contributed by atoms with Crippen molar-refractivity contribution in [1.82, 2.24) is 0 Å². The number of aliphatic hydroxyl groups is 1. The van der Waals surface area contributed by atoms with Crippen LogP contribution in [-0.2, 0) is 11.2 Å². The van der Waals surface area contributed by atoms with E-state index in [4.69, 9.17) is 0 Å². The number of carbonyl (C=O) groups excluding carboxylic acids is 2. The van der Waals surface area contributed by atoms with Gasteiger partial charge in [0.05, 0.1) is 0 Å². The third-order valence-corrected chi connectivity index (χ3v) is 3.07. The highest BCUT2D eigenvalue weighted by Crippen LogP contribution is 2.24. The molecule has 0 fully saturated rings. The second kappa shape index (κ2) is 4.53. The minimum Gasteiger partial charge on any atom is -0.381 e. The summed E-state index contributed by atoms with van der Waals surface area (Å²) >= 11 is 0. The maximum atomic E-state index is 11.7. The molecule has 0 atom stereocenters. The number of anilines is 1. The van der Waals surface area contributed by atoms with Crippen LogP contribution >= 0.6 is 0 Å². The Kier molecular flexibility index (Phi) is 3.22. The van der Waals surface area contributed by atoms with Gasteiger partial charge in [0.25, 0.3) is 5.91 Å². The lowest BCUT2D eigenvalue weighted by Gasteiger charge is -2.19. The molecule has 0 saturated heterocycles. The number of aryl methyl sites for hydroxylation is 1. The number of rotatable bonds is 2. The first-order chi connectivity index (χ1) is 8.38. The van der Waals surface area contributed by atoms with E-state index in [0.29, 0.717) is 12.1 Å². The molecule has 0 bridgehead atoms. The first-order valence-electron chi connectivity index (χ1n) is 6.08. The predicted molar refractivity (Wildman–Crippen MR) is 68.6 cm³/mol. The fraction of sp³-hybridized carbons (Fsp3) is 0.429. The van der Waals surface area contributed by atoms with E-state index >= 15 is 0 Å². The molecular formula is C14H17NO3. The van der Waals surface area contributed by atoms with Crippen molar-refractivity contribution >= 4 is 17.4 Å². The van der Waals surface area contributed by atoms with Crippen LogP contribution in [0.15, 0.2) is 18.2 Å². The molecule has 0 unspecified atom stereocenters. The first kappa shape index (κ1) is 12.8. The molecule has 0 spiro atoms. The molecule has 0 aliphatic heterocycles. The molecule has 4 nitrogen and oxygen atoms in total. The minimum absolute atomic E-state index is 0.164. The van der Waals surface area contributed by atoms with Gasteiger partial charge in [-0.05, 0) is 50.5 Å². The summed E-state index contributed by atoms with van der Waals surface area (Å²) in [7, 11) is 0. The smallest absolute Gasteiger partial charge is 0.255 e. The quantitative estimate of drug-likeness (QED) is 0.839. The Balaban J connectivity index is 2.22. The van der Waals surface area contributed by atoms with Crippen LogP contribution in [0.3, 0.4) is 0 Å². The van der Waals surface area contributed by atoms with Gasteiger partial charge in [-0.25, -0.2) is 0 Å². The number of benzene rings is 1. The lowest BCUT2D eigenvalue weighted by molar-refractivity contribution is -0.130. The van der Waals surface area contributed by atoms with Gasteiger partial charge < -0.3 is 10.4 Å². The molecule has 2 N–H and O–H groups in total. The molecule has 96 valence electrons. The molecule has 1 aliphatic rings. The van der Waals surface area contributed by atoms with Crippen molar-refractivity contribution in [1.29, 1.82) is 0 Å². The minimum atomic E-state index is -1.41. The van der Waals surface area contributed by atoms with Crippen LogP contribution in [0.2, 0.25) is 0 Å². The number of hydrogen-bond acceptors (Lipinski definition) is 3. The summed E-state index contributed by atoms with van der Waals surface area (Å²) in [5, 5.41) is 12.2. The molecule has 0 radical (unpaired) electrons. The average Bonchev–Trinajstić information content (AvgIpc) is 2.28. The highest BCUT2D eigenvalue weighted by atomic mass is 16.3. The third-order valence-electron chi connectivity index (χ3n) is 3.07. The lowest BCUT2D eigenvalue weighted by atomic mass is 9.90. The van der Waals surface area contributed by atoms with Crippen LogP contribution in [0.5, 0.6) is 0 Å². The van der Waals surface area contributed by atoms with Crippen molar-refractivity contribution in [2.45, 2.75) is 38.7 Å². The predicted octanol–water partition coefficient (Wildman–Crippen LogP) is 1.92. The van der Waals surface area contributed by atoms with Gasteiger partial charge in [0.15, 0.2) is 5.78 Å². The molecule has 0 aromatic heterocycles. The SMILES string of the molecule is CC(C)(O)C(=O)Nc1ccc2c(c1)CCCC2=O. The van der Waals surface area contributed by atoms with Crippen molar-refractivity contribution < 1.29 is 14.7 Å². The molecule has 2 rings (SSSR count). The van der Waals surface area contributed by atoms with Crippen LogP contribution in [-0.4, -0.2) is 22.4 Å². The van der Waals surface area contributed by atoms with E-state index in [9.17, 15) is 14.7 Å². The average molecular weight is 247 g/mol. The molecule has 18 heavy (non-hydrogen) atoms. The second-order valence-corrected chi connectivity index (χ2v) is 5.16. The van der Waals surface area contributed by atoms with Gasteiger partial charge in [-0.1, -0.05) is 0 Å². The monoisotopic (exact) mass is 247 g/mol. The topological polar surface area (TPSA) is 66.4 Å². The van der Waals surface area contributed by atoms with E-state index < -0.39 is 11.5 Å². The molecule has 1 aliphatic carbocycles. The molecule has 0 saturated carbocycles. The van der Waals surface area contributed by atoms with Crippen molar-refractivity contribution in [2.24, 2.45) is 0 Å². The number of ketones is 1. The van der Waals surface area contributed by atoms with Gasteiger partial charge in [0.2, 0.25) is 0 Å². The Morgan fingerprint density at radius 3 is 2.72 bits per heavy atom. The summed E-state index contributed by atoms with van der Waals surface area (Å²) < 4.78 is 0. The van der Waals surface area contributed by atoms with Gasteiger partial charge in [-0.3, -0.25) is 9.59 Å². The Morgan fingerprint density at radius 1 is 1.33 bits per heavy atom. The molecule has 1 aromatic rings. The van der Waals surface area contributed by atoms with Gasteiger partial charge in [0.1, 0.15) is 5.60 Å². The van der Waals surface area contributed by atoms with Crippen molar-refractivity contribution in [3.8, 4) is 0 Å². The summed E-state index contributed by atoms with van der Waals surface area (Å²) in [6, 6.07) is 5.26. The first-order valence-corrected chi connectivity index (χ1v) is 6.08. The van der Waals surface area contributed by atoms with Gasteiger partial charge in [-0.15, -0.1) is 0 Å². The van der Waals surface area contributed by atoms with Gasteiger partial charge >= 0.3 is 0 Å². The summed E-state index contributed by atoms with van der Waals surface area (Å²) in [6.07, 6.45) is 2.31. The zero-order valence-corrected chi connectivity index (χ0v) is 10.6. The number of carbonyl (C=O) groups is 2. The summed E-state index contributed by atoms with van der Waals surface area (Å²) in [5.74, 6) is -0.291. The Morgan fingerprint density at radius 2 is 2.06 bits per heavy atom. The molecule has 4 heteroatoms. The Hall–Kier alpha value is -1.68. The van der Waals surface area contributed by atoms with Crippen LogP contribution in [0.25, 0.3) is 0 Å². The number of hydrogen-bond donors (Lipinski definition) is 2. The fourth-order valence-corrected chi connectivity index (χ4v) is 2.01. The third kappa shape index (κ3) is 2.59. The summed E-state index contributed by atoms with van der Waals surface area (Å²) in [6.45, 7) is 2.87.